The number of benzene rings is 2. The highest BCUT2D eigenvalue weighted by Gasteiger charge is 2.30. The molecule has 2 N–H and O–H groups in total. The maximum Gasteiger partial charge on any atom is 0.416 e. The number of nitrogens with zero attached hydrogens (tertiary/aromatic N) is 4. The predicted octanol–water partition coefficient (Wildman–Crippen LogP) is 6.67. The van der Waals surface area contributed by atoms with Crippen molar-refractivity contribution in [2.45, 2.75) is 39.0 Å². The molecule has 0 spiro atoms. The Kier molecular flexibility index (Phi) is 7.40. The van der Waals surface area contributed by atoms with Crippen LogP contribution in [0.15, 0.2) is 66.9 Å². The number of halogens is 3. The first-order chi connectivity index (χ1) is 19.8. The van der Waals surface area contributed by atoms with Gasteiger partial charge in [0.05, 0.1) is 17.4 Å². The summed E-state index contributed by atoms with van der Waals surface area (Å²) in [4.78, 5) is 28.9. The highest BCUT2D eigenvalue weighted by molar-refractivity contribution is 5.92. The molecule has 0 aliphatic carbocycles. The summed E-state index contributed by atoms with van der Waals surface area (Å²) in [5, 5.41) is 17.8. The second kappa shape index (κ2) is 10.8. The minimum Gasteiger partial charge on any atom is -0.477 e. The Morgan fingerprint density at radius 1 is 0.976 bits per heavy atom. The van der Waals surface area contributed by atoms with Gasteiger partial charge in [0.25, 0.3) is 0 Å². The number of carbonyl (C=O) groups is 2. The minimum atomic E-state index is -4.46. The third-order valence-corrected chi connectivity index (χ3v) is 6.69. The Balaban J connectivity index is 1.34. The van der Waals surface area contributed by atoms with Crippen molar-refractivity contribution < 1.29 is 32.6 Å². The monoisotopic (exact) mass is 579 g/mol. The molecule has 1 aliphatic rings. The first-order valence-corrected chi connectivity index (χ1v) is 13.1. The van der Waals surface area contributed by atoms with Gasteiger partial charge < -0.3 is 19.7 Å². The lowest BCUT2D eigenvalue weighted by Gasteiger charge is -2.29. The average molecular weight is 580 g/mol. The number of aromatic nitrogens is 4. The average Bonchev–Trinajstić information content (AvgIpc) is 3.60. The van der Waals surface area contributed by atoms with Crippen LogP contribution in [-0.4, -0.2) is 60.7 Å². The summed E-state index contributed by atoms with van der Waals surface area (Å²) < 4.78 is 45.4. The number of carboxylic acid groups (broad SMARTS) is 1. The molecule has 0 bridgehead atoms. The molecular formula is C30H28F3N5O4. The van der Waals surface area contributed by atoms with E-state index in [-0.39, 0.29) is 23.2 Å². The largest absolute Gasteiger partial charge is 0.477 e. The number of hydrogen-bond donors (Lipinski definition) is 2. The lowest BCUT2D eigenvalue weighted by Crippen LogP contribution is -2.39. The van der Waals surface area contributed by atoms with Crippen molar-refractivity contribution in [1.82, 2.24) is 24.9 Å². The first-order valence-electron chi connectivity index (χ1n) is 13.1. The van der Waals surface area contributed by atoms with Gasteiger partial charge in [0, 0.05) is 24.3 Å². The number of amides is 1. The Bertz CT molecular complexity index is 1650. The van der Waals surface area contributed by atoms with Crippen LogP contribution in [0.1, 0.15) is 48.8 Å². The number of carbonyl (C=O) groups excluding carboxylic acids is 1. The van der Waals surface area contributed by atoms with Crippen molar-refractivity contribution in [2.24, 2.45) is 0 Å². The van der Waals surface area contributed by atoms with Gasteiger partial charge >= 0.3 is 18.2 Å². The van der Waals surface area contributed by atoms with Gasteiger partial charge in [0.2, 0.25) is 0 Å². The maximum absolute atomic E-state index is 12.9. The number of rotatable bonds is 5. The van der Waals surface area contributed by atoms with E-state index >= 15 is 0 Å². The van der Waals surface area contributed by atoms with Gasteiger partial charge in [-0.15, -0.1) is 5.10 Å². The van der Waals surface area contributed by atoms with E-state index in [1.54, 1.807) is 11.0 Å². The topological polar surface area (TPSA) is 113 Å². The zero-order valence-electron chi connectivity index (χ0n) is 23.1. The first kappa shape index (κ1) is 28.7. The molecule has 0 fully saturated rings. The van der Waals surface area contributed by atoms with Crippen molar-refractivity contribution in [1.29, 1.82) is 0 Å². The quantitative estimate of drug-likeness (QED) is 0.273. The molecule has 0 saturated heterocycles. The van der Waals surface area contributed by atoms with Crippen LogP contribution in [-0.2, 0) is 10.9 Å². The summed E-state index contributed by atoms with van der Waals surface area (Å²) >= 11 is 0. The van der Waals surface area contributed by atoms with E-state index in [0.717, 1.165) is 28.8 Å². The van der Waals surface area contributed by atoms with Gasteiger partial charge in [0.1, 0.15) is 11.3 Å². The van der Waals surface area contributed by atoms with Crippen LogP contribution in [0.25, 0.3) is 33.8 Å². The second-order valence-electron chi connectivity index (χ2n) is 10.9. The van der Waals surface area contributed by atoms with E-state index in [2.05, 4.69) is 15.3 Å². The third kappa shape index (κ3) is 6.22. The molecule has 0 atom stereocenters. The highest BCUT2D eigenvalue weighted by Crippen LogP contribution is 2.32. The second-order valence-corrected chi connectivity index (χ2v) is 10.9. The Morgan fingerprint density at radius 2 is 1.62 bits per heavy atom. The van der Waals surface area contributed by atoms with Gasteiger partial charge in [-0.05, 0) is 62.1 Å². The van der Waals surface area contributed by atoms with Crippen LogP contribution in [0.3, 0.4) is 0 Å². The van der Waals surface area contributed by atoms with Crippen LogP contribution in [0, 0.1) is 0 Å². The Labute approximate surface area is 239 Å². The molecule has 3 heterocycles. The van der Waals surface area contributed by atoms with Gasteiger partial charge in [-0.1, -0.05) is 47.7 Å². The molecule has 218 valence electrons. The number of alkyl halides is 3. The normalized spacial score (nSPS) is 14.0. The fraction of sp³-hybridized carbons (Fsp3) is 0.267. The van der Waals surface area contributed by atoms with E-state index in [1.165, 1.54) is 23.0 Å². The minimum absolute atomic E-state index is 0.116. The van der Waals surface area contributed by atoms with E-state index < -0.39 is 23.3 Å². The summed E-state index contributed by atoms with van der Waals surface area (Å²) in [5.41, 5.74) is 2.83. The zero-order valence-corrected chi connectivity index (χ0v) is 23.1. The summed E-state index contributed by atoms with van der Waals surface area (Å²) in [6.07, 6.45) is -0.675. The van der Waals surface area contributed by atoms with E-state index in [1.807, 2.05) is 51.1 Å². The fourth-order valence-corrected chi connectivity index (χ4v) is 4.57. The predicted molar refractivity (Wildman–Crippen MR) is 149 cm³/mol. The van der Waals surface area contributed by atoms with Crippen molar-refractivity contribution >= 4 is 17.6 Å². The summed E-state index contributed by atoms with van der Waals surface area (Å²) in [7, 11) is 0. The van der Waals surface area contributed by atoms with Crippen LogP contribution in [0.5, 0.6) is 0 Å². The number of H-pyrrole nitrogens is 1. The SMILES string of the molecule is CC(C)(C)OC(=O)N1CC=C(c2ccc(-c3cc(-n4cc(-c5ccc(C(F)(F)F)cc5)nn4)c(C(=O)O)[nH]3)cc2)CC1. The van der Waals surface area contributed by atoms with Gasteiger partial charge in [-0.2, -0.15) is 13.2 Å². The molecule has 4 aromatic rings. The summed E-state index contributed by atoms with van der Waals surface area (Å²) in [6, 6.07) is 13.7. The number of nitrogens with one attached hydrogen (secondary N) is 1. The Hall–Kier alpha value is -4.87. The van der Waals surface area contributed by atoms with E-state index in [0.29, 0.717) is 30.8 Å². The molecule has 2 aromatic heterocycles. The van der Waals surface area contributed by atoms with E-state index in [9.17, 15) is 27.9 Å². The lowest BCUT2D eigenvalue weighted by atomic mass is 9.98. The van der Waals surface area contributed by atoms with Gasteiger partial charge in [-0.3, -0.25) is 0 Å². The van der Waals surface area contributed by atoms with Crippen LogP contribution >= 0.6 is 0 Å². The molecule has 1 aliphatic heterocycles. The van der Waals surface area contributed by atoms with Crippen LogP contribution in [0.2, 0.25) is 0 Å². The van der Waals surface area contributed by atoms with Crippen LogP contribution in [0.4, 0.5) is 18.0 Å². The van der Waals surface area contributed by atoms with Crippen molar-refractivity contribution in [3.05, 3.63) is 83.7 Å². The van der Waals surface area contributed by atoms with E-state index in [4.69, 9.17) is 4.74 Å². The number of carboxylic acids is 1. The fourth-order valence-electron chi connectivity index (χ4n) is 4.57. The van der Waals surface area contributed by atoms with Gasteiger partial charge in [-0.25, -0.2) is 14.3 Å². The smallest absolute Gasteiger partial charge is 0.416 e. The standard InChI is InChI=1S/C30H28F3N5O4/c1-29(2,3)42-28(41)37-14-12-19(13-15-37)18-4-6-20(7-5-18)23-16-25(26(34-23)27(39)40)38-17-24(35-36-38)21-8-10-22(11-9-21)30(31,32)33/h4-12,16-17,34H,13-15H2,1-3H3,(H,39,40). The van der Waals surface area contributed by atoms with Crippen molar-refractivity contribution in [3.63, 3.8) is 0 Å². The Morgan fingerprint density at radius 3 is 2.19 bits per heavy atom. The highest BCUT2D eigenvalue weighted by atomic mass is 19.4. The molecule has 2 aromatic carbocycles. The molecule has 1 amide bonds. The van der Waals surface area contributed by atoms with Crippen molar-refractivity contribution in [3.8, 4) is 28.2 Å². The summed E-state index contributed by atoms with van der Waals surface area (Å²) in [5.74, 6) is -1.21. The van der Waals surface area contributed by atoms with Crippen molar-refractivity contribution in [2.75, 3.05) is 13.1 Å². The number of aromatic carboxylic acids is 1. The molecule has 0 saturated carbocycles. The zero-order chi connectivity index (χ0) is 30.2. The van der Waals surface area contributed by atoms with Gasteiger partial charge in [0.15, 0.2) is 5.69 Å². The molecule has 12 heteroatoms. The number of ether oxygens (including phenoxy) is 1. The summed E-state index contributed by atoms with van der Waals surface area (Å²) in [6.45, 7) is 6.47. The maximum atomic E-state index is 12.9. The molecule has 0 unspecified atom stereocenters. The molecule has 42 heavy (non-hydrogen) atoms. The number of aromatic amines is 1. The molecule has 9 nitrogen and oxygen atoms in total. The number of hydrogen-bond acceptors (Lipinski definition) is 5. The molecule has 0 radical (unpaired) electrons. The molecular weight excluding hydrogens is 551 g/mol. The third-order valence-electron chi connectivity index (χ3n) is 6.69. The molecule has 5 rings (SSSR count). The lowest BCUT2D eigenvalue weighted by molar-refractivity contribution is -0.137. The van der Waals surface area contributed by atoms with Crippen LogP contribution < -0.4 is 0 Å².